The van der Waals surface area contributed by atoms with Crippen LogP contribution in [0.25, 0.3) is 18.2 Å². The second-order valence-electron chi connectivity index (χ2n) is 7.47. The average Bonchev–Trinajstić information content (AvgIpc) is 2.91. The Bertz CT molecular complexity index is 1260. The molecule has 8 nitrogen and oxygen atoms in total. The number of hydrogen-bond acceptors (Lipinski definition) is 7. The second kappa shape index (κ2) is 12.2. The zero-order chi connectivity index (χ0) is 26.1. The number of rotatable bonds is 10. The summed E-state index contributed by atoms with van der Waals surface area (Å²) in [5.41, 5.74) is 2.50. The van der Waals surface area contributed by atoms with Crippen molar-refractivity contribution in [2.24, 2.45) is 0 Å². The van der Waals surface area contributed by atoms with Crippen LogP contribution in [0.3, 0.4) is 0 Å². The van der Waals surface area contributed by atoms with Gasteiger partial charge < -0.3 is 34.1 Å². The van der Waals surface area contributed by atoms with Gasteiger partial charge >= 0.3 is 0 Å². The van der Waals surface area contributed by atoms with E-state index < -0.39 is 5.91 Å². The zero-order valence-electron chi connectivity index (χ0n) is 20.8. The lowest BCUT2D eigenvalue weighted by Gasteiger charge is -2.14. The summed E-state index contributed by atoms with van der Waals surface area (Å²) in [6, 6.07) is 14.1. The van der Waals surface area contributed by atoms with Crippen LogP contribution in [-0.2, 0) is 4.79 Å². The Morgan fingerprint density at radius 3 is 2.06 bits per heavy atom. The highest BCUT2D eigenvalue weighted by Crippen LogP contribution is 2.40. The van der Waals surface area contributed by atoms with Gasteiger partial charge in [-0.15, -0.1) is 0 Å². The number of carbonyl (C=O) groups is 1. The van der Waals surface area contributed by atoms with Crippen LogP contribution in [0.2, 0.25) is 0 Å². The first-order valence-electron chi connectivity index (χ1n) is 10.9. The largest absolute Gasteiger partial charge is 0.504 e. The third-order valence-corrected chi connectivity index (χ3v) is 5.28. The number of nitrogens with one attached hydrogen (secondary N) is 1. The Hall–Kier alpha value is -4.59. The molecular formula is C28H29NO7. The van der Waals surface area contributed by atoms with E-state index in [4.69, 9.17) is 23.7 Å². The van der Waals surface area contributed by atoms with Crippen molar-refractivity contribution in [3.63, 3.8) is 0 Å². The van der Waals surface area contributed by atoms with Crippen molar-refractivity contribution in [2.45, 2.75) is 0 Å². The number of benzene rings is 3. The Morgan fingerprint density at radius 2 is 1.44 bits per heavy atom. The van der Waals surface area contributed by atoms with E-state index in [-0.39, 0.29) is 11.5 Å². The van der Waals surface area contributed by atoms with Crippen molar-refractivity contribution in [3.8, 4) is 34.5 Å². The van der Waals surface area contributed by atoms with Crippen LogP contribution in [0.1, 0.15) is 16.7 Å². The third-order valence-electron chi connectivity index (χ3n) is 5.28. The molecule has 188 valence electrons. The van der Waals surface area contributed by atoms with E-state index in [2.05, 4.69) is 5.32 Å². The maximum atomic E-state index is 12.7. The van der Waals surface area contributed by atoms with E-state index in [1.165, 1.54) is 26.4 Å². The van der Waals surface area contributed by atoms with Gasteiger partial charge in [-0.25, -0.2) is 0 Å². The van der Waals surface area contributed by atoms with Gasteiger partial charge in [0, 0.05) is 11.6 Å². The molecule has 1 amide bonds. The number of aromatic hydroxyl groups is 1. The van der Waals surface area contributed by atoms with E-state index in [0.717, 1.165) is 11.1 Å². The van der Waals surface area contributed by atoms with Crippen molar-refractivity contribution in [1.29, 1.82) is 0 Å². The fourth-order valence-electron chi connectivity index (χ4n) is 3.53. The summed E-state index contributed by atoms with van der Waals surface area (Å²) in [7, 11) is 7.63. The number of hydrogen-bond donors (Lipinski definition) is 2. The topological polar surface area (TPSA) is 95.5 Å². The van der Waals surface area contributed by atoms with Crippen LogP contribution >= 0.6 is 0 Å². The number of ether oxygens (including phenoxy) is 5. The van der Waals surface area contributed by atoms with E-state index in [1.54, 1.807) is 51.7 Å². The fourth-order valence-corrected chi connectivity index (χ4v) is 3.53. The summed E-state index contributed by atoms with van der Waals surface area (Å²) < 4.78 is 26.8. The molecule has 0 atom stereocenters. The Balaban J connectivity index is 1.93. The minimum Gasteiger partial charge on any atom is -0.504 e. The van der Waals surface area contributed by atoms with Crippen molar-refractivity contribution in [2.75, 3.05) is 40.9 Å². The molecule has 0 unspecified atom stereocenters. The summed E-state index contributed by atoms with van der Waals surface area (Å²) >= 11 is 0. The van der Waals surface area contributed by atoms with Crippen LogP contribution in [0.4, 0.5) is 5.69 Å². The molecule has 2 N–H and O–H groups in total. The van der Waals surface area contributed by atoms with Gasteiger partial charge in [0.2, 0.25) is 11.7 Å². The molecule has 0 spiro atoms. The lowest BCUT2D eigenvalue weighted by Crippen LogP contribution is -2.10. The number of carbonyl (C=O) groups excluding carboxylic acids is 1. The van der Waals surface area contributed by atoms with E-state index in [1.807, 2.05) is 30.3 Å². The van der Waals surface area contributed by atoms with Gasteiger partial charge in [0.15, 0.2) is 23.0 Å². The zero-order valence-corrected chi connectivity index (χ0v) is 20.8. The number of phenolic OH excluding ortho intramolecular Hbond substituents is 1. The third kappa shape index (κ3) is 6.09. The monoisotopic (exact) mass is 491 g/mol. The minimum atomic E-state index is -0.399. The highest BCUT2D eigenvalue weighted by molar-refractivity contribution is 6.04. The lowest BCUT2D eigenvalue weighted by molar-refractivity contribution is -0.111. The number of phenols is 1. The highest BCUT2D eigenvalue weighted by atomic mass is 16.5. The number of methoxy groups -OCH3 is 5. The van der Waals surface area contributed by atoms with Gasteiger partial charge in [-0.3, -0.25) is 4.79 Å². The molecule has 3 rings (SSSR count). The standard InChI is InChI=1S/C28H29NO7/c1-32-21-8-6-7-18(15-21)10-14-25(31)29-26-20(12-13-22(30)27(26)35-4)11-9-19-16-23(33-2)28(36-5)24(17-19)34-3/h6-17,30H,1-5H3,(H,29,31)/b11-9?,14-10+. The maximum Gasteiger partial charge on any atom is 0.248 e. The predicted molar refractivity (Wildman–Crippen MR) is 140 cm³/mol. The van der Waals surface area contributed by atoms with Crippen molar-refractivity contribution < 1.29 is 33.6 Å². The molecule has 0 aliphatic carbocycles. The number of amides is 1. The summed E-state index contributed by atoms with van der Waals surface area (Å²) in [6.07, 6.45) is 6.66. The molecule has 0 saturated carbocycles. The summed E-state index contributed by atoms with van der Waals surface area (Å²) in [5, 5.41) is 13.1. The summed E-state index contributed by atoms with van der Waals surface area (Å²) in [4.78, 5) is 12.7. The van der Waals surface area contributed by atoms with E-state index in [9.17, 15) is 9.90 Å². The molecule has 0 aliphatic heterocycles. The highest BCUT2D eigenvalue weighted by Gasteiger charge is 2.15. The van der Waals surface area contributed by atoms with Crippen LogP contribution in [0.5, 0.6) is 34.5 Å². The molecule has 0 aromatic heterocycles. The molecule has 0 heterocycles. The fraction of sp³-hybridized carbons (Fsp3) is 0.179. The van der Waals surface area contributed by atoms with Gasteiger partial charge in [0.25, 0.3) is 0 Å². The van der Waals surface area contributed by atoms with Crippen molar-refractivity contribution in [3.05, 3.63) is 71.3 Å². The molecule has 8 heteroatoms. The summed E-state index contributed by atoms with van der Waals surface area (Å²) in [5.74, 6) is 1.83. The first-order valence-corrected chi connectivity index (χ1v) is 10.9. The molecule has 3 aromatic carbocycles. The Labute approximate surface area is 210 Å². The van der Waals surface area contributed by atoms with Gasteiger partial charge in [-0.05, 0) is 53.6 Å². The molecular weight excluding hydrogens is 462 g/mol. The van der Waals surface area contributed by atoms with Crippen molar-refractivity contribution >= 4 is 29.8 Å². The Morgan fingerprint density at radius 1 is 0.750 bits per heavy atom. The quantitative estimate of drug-likeness (QED) is 0.295. The molecule has 0 aliphatic rings. The molecule has 3 aromatic rings. The first-order chi connectivity index (χ1) is 17.4. The summed E-state index contributed by atoms with van der Waals surface area (Å²) in [6.45, 7) is 0. The normalized spacial score (nSPS) is 10.9. The van der Waals surface area contributed by atoms with Crippen LogP contribution < -0.4 is 29.0 Å². The predicted octanol–water partition coefficient (Wildman–Crippen LogP) is 5.26. The SMILES string of the molecule is COc1cccc(/C=C/C(=O)Nc2c(C=Cc3cc(OC)c(OC)c(OC)c3)ccc(O)c2OC)c1. The van der Waals surface area contributed by atoms with Crippen LogP contribution in [0.15, 0.2) is 54.6 Å². The van der Waals surface area contributed by atoms with Crippen LogP contribution in [-0.4, -0.2) is 46.6 Å². The Kier molecular flexibility index (Phi) is 8.83. The molecule has 0 fully saturated rings. The smallest absolute Gasteiger partial charge is 0.248 e. The van der Waals surface area contributed by atoms with Gasteiger partial charge in [-0.1, -0.05) is 24.3 Å². The van der Waals surface area contributed by atoms with E-state index >= 15 is 0 Å². The molecule has 0 bridgehead atoms. The molecule has 0 saturated heterocycles. The van der Waals surface area contributed by atoms with Crippen molar-refractivity contribution in [1.82, 2.24) is 0 Å². The number of anilines is 1. The van der Waals surface area contributed by atoms with Gasteiger partial charge in [-0.2, -0.15) is 0 Å². The van der Waals surface area contributed by atoms with Gasteiger partial charge in [0.05, 0.1) is 41.2 Å². The minimum absolute atomic E-state index is 0.102. The maximum absolute atomic E-state index is 12.7. The second-order valence-corrected chi connectivity index (χ2v) is 7.47. The average molecular weight is 492 g/mol. The first kappa shape index (κ1) is 26.0. The van der Waals surface area contributed by atoms with Gasteiger partial charge in [0.1, 0.15) is 5.75 Å². The van der Waals surface area contributed by atoms with E-state index in [0.29, 0.717) is 34.2 Å². The molecule has 36 heavy (non-hydrogen) atoms. The van der Waals surface area contributed by atoms with Crippen LogP contribution in [0, 0.1) is 0 Å². The lowest BCUT2D eigenvalue weighted by atomic mass is 10.1. The molecule has 0 radical (unpaired) electrons.